The number of esters is 1. The summed E-state index contributed by atoms with van der Waals surface area (Å²) in [5, 5.41) is 4.65. The van der Waals surface area contributed by atoms with E-state index in [1.165, 1.54) is 10.8 Å². The van der Waals surface area contributed by atoms with Gasteiger partial charge in [-0.25, -0.2) is 4.79 Å². The van der Waals surface area contributed by atoms with Crippen LogP contribution < -0.4 is 0 Å². The van der Waals surface area contributed by atoms with Gasteiger partial charge in [-0.1, -0.05) is 48.5 Å². The van der Waals surface area contributed by atoms with E-state index in [2.05, 4.69) is 35.3 Å². The molecule has 3 nitrogen and oxygen atoms in total. The van der Waals surface area contributed by atoms with Gasteiger partial charge < -0.3 is 9.72 Å². The van der Waals surface area contributed by atoms with Gasteiger partial charge in [0, 0.05) is 11.8 Å². The molecule has 0 amide bonds. The first-order chi connectivity index (χ1) is 11.8. The van der Waals surface area contributed by atoms with Crippen LogP contribution in [0, 0.1) is 0 Å². The molecular weight excluding hydrogens is 298 g/mol. The second-order valence-electron chi connectivity index (χ2n) is 5.68. The minimum absolute atomic E-state index is 0.300. The molecule has 3 heteroatoms. The van der Waals surface area contributed by atoms with Crippen LogP contribution in [-0.2, 0) is 4.74 Å². The van der Waals surface area contributed by atoms with E-state index < -0.39 is 0 Å². The average Bonchev–Trinajstić information content (AvgIpc) is 3.11. The number of fused-ring (bicyclic) bond motifs is 3. The third kappa shape index (κ3) is 2.26. The monoisotopic (exact) mass is 315 g/mol. The summed E-state index contributed by atoms with van der Waals surface area (Å²) in [5.74, 6) is -0.300. The minimum atomic E-state index is -0.300. The van der Waals surface area contributed by atoms with Crippen molar-refractivity contribution in [1.82, 2.24) is 4.98 Å². The van der Waals surface area contributed by atoms with E-state index >= 15 is 0 Å². The third-order valence-corrected chi connectivity index (χ3v) is 4.28. The van der Waals surface area contributed by atoms with E-state index in [1.807, 2.05) is 31.2 Å². The van der Waals surface area contributed by atoms with Crippen molar-refractivity contribution < 1.29 is 9.53 Å². The lowest BCUT2D eigenvalue weighted by atomic mass is 9.94. The first kappa shape index (κ1) is 14.5. The Balaban J connectivity index is 2.03. The molecule has 0 bridgehead atoms. The van der Waals surface area contributed by atoms with Gasteiger partial charge in [-0.3, -0.25) is 0 Å². The van der Waals surface area contributed by atoms with E-state index in [0.717, 1.165) is 22.0 Å². The van der Waals surface area contributed by atoms with Crippen LogP contribution in [0.2, 0.25) is 0 Å². The van der Waals surface area contributed by atoms with Gasteiger partial charge in [-0.2, -0.15) is 0 Å². The molecule has 4 aromatic rings. The Morgan fingerprint density at radius 1 is 0.958 bits per heavy atom. The SMILES string of the molecule is CCOC(=O)c1cc[nH]c1-c1cc2ccccc2c2ccccc12. The highest BCUT2D eigenvalue weighted by Gasteiger charge is 2.17. The predicted molar refractivity (Wildman–Crippen MR) is 97.2 cm³/mol. The zero-order valence-electron chi connectivity index (χ0n) is 13.4. The molecule has 1 N–H and O–H groups in total. The number of aromatic nitrogens is 1. The molecule has 0 aliphatic heterocycles. The van der Waals surface area contributed by atoms with Gasteiger partial charge in [0.1, 0.15) is 0 Å². The molecule has 0 atom stereocenters. The Morgan fingerprint density at radius 3 is 2.46 bits per heavy atom. The molecule has 0 fully saturated rings. The normalized spacial score (nSPS) is 11.0. The summed E-state index contributed by atoms with van der Waals surface area (Å²) < 4.78 is 5.19. The van der Waals surface area contributed by atoms with Crippen molar-refractivity contribution in [3.63, 3.8) is 0 Å². The lowest BCUT2D eigenvalue weighted by Gasteiger charge is -2.11. The molecule has 1 aromatic heterocycles. The van der Waals surface area contributed by atoms with Crippen LogP contribution in [0.25, 0.3) is 32.8 Å². The molecule has 3 aromatic carbocycles. The van der Waals surface area contributed by atoms with Crippen LogP contribution in [0.5, 0.6) is 0 Å². The van der Waals surface area contributed by atoms with E-state index in [4.69, 9.17) is 4.74 Å². The Hall–Kier alpha value is -3.07. The molecule has 0 aliphatic carbocycles. The summed E-state index contributed by atoms with van der Waals surface area (Å²) in [6, 6.07) is 20.5. The molecule has 0 radical (unpaired) electrons. The molecule has 4 rings (SSSR count). The Bertz CT molecular complexity index is 1050. The fraction of sp³-hybridized carbons (Fsp3) is 0.0952. The van der Waals surface area contributed by atoms with Crippen molar-refractivity contribution in [2.45, 2.75) is 6.92 Å². The van der Waals surface area contributed by atoms with Crippen molar-refractivity contribution >= 4 is 27.5 Å². The largest absolute Gasteiger partial charge is 0.462 e. The van der Waals surface area contributed by atoms with Gasteiger partial charge in [0.15, 0.2) is 0 Å². The fourth-order valence-electron chi connectivity index (χ4n) is 3.23. The predicted octanol–water partition coefficient (Wildman–Crippen LogP) is 5.16. The van der Waals surface area contributed by atoms with Gasteiger partial charge in [0.25, 0.3) is 0 Å². The number of carbonyl (C=O) groups is 1. The molecular formula is C21H17NO2. The zero-order chi connectivity index (χ0) is 16.5. The second kappa shape index (κ2) is 5.85. The van der Waals surface area contributed by atoms with E-state index in [1.54, 1.807) is 12.3 Å². The number of ether oxygens (including phenoxy) is 1. The van der Waals surface area contributed by atoms with Crippen molar-refractivity contribution in [2.24, 2.45) is 0 Å². The van der Waals surface area contributed by atoms with Crippen LogP contribution in [0.3, 0.4) is 0 Å². The van der Waals surface area contributed by atoms with E-state index in [9.17, 15) is 4.79 Å². The van der Waals surface area contributed by atoms with E-state index in [-0.39, 0.29) is 5.97 Å². The molecule has 0 saturated heterocycles. The minimum Gasteiger partial charge on any atom is -0.462 e. The number of rotatable bonds is 3. The molecule has 0 unspecified atom stereocenters. The maximum absolute atomic E-state index is 12.3. The smallest absolute Gasteiger partial charge is 0.340 e. The van der Waals surface area contributed by atoms with Gasteiger partial charge in [-0.15, -0.1) is 0 Å². The lowest BCUT2D eigenvalue weighted by molar-refractivity contribution is 0.0527. The van der Waals surface area contributed by atoms with Crippen molar-refractivity contribution in [3.05, 3.63) is 72.4 Å². The topological polar surface area (TPSA) is 42.1 Å². The van der Waals surface area contributed by atoms with Gasteiger partial charge >= 0.3 is 5.97 Å². The van der Waals surface area contributed by atoms with Crippen LogP contribution in [0.4, 0.5) is 0 Å². The standard InChI is InChI=1S/C21H17NO2/c1-2-24-21(23)18-11-12-22-20(18)19-13-14-7-3-4-8-15(14)16-9-5-6-10-17(16)19/h3-13,22H,2H2,1H3. The molecule has 1 heterocycles. The number of hydrogen-bond acceptors (Lipinski definition) is 2. The highest BCUT2D eigenvalue weighted by atomic mass is 16.5. The zero-order valence-corrected chi connectivity index (χ0v) is 13.4. The number of nitrogens with one attached hydrogen (secondary N) is 1. The number of hydrogen-bond donors (Lipinski definition) is 1. The number of H-pyrrole nitrogens is 1. The highest BCUT2D eigenvalue weighted by Crippen LogP contribution is 2.35. The van der Waals surface area contributed by atoms with E-state index in [0.29, 0.717) is 12.2 Å². The summed E-state index contributed by atoms with van der Waals surface area (Å²) in [7, 11) is 0. The maximum Gasteiger partial charge on any atom is 0.340 e. The van der Waals surface area contributed by atoms with Crippen molar-refractivity contribution in [2.75, 3.05) is 6.61 Å². The molecule has 118 valence electrons. The Morgan fingerprint density at radius 2 is 1.67 bits per heavy atom. The van der Waals surface area contributed by atoms with Crippen molar-refractivity contribution in [1.29, 1.82) is 0 Å². The summed E-state index contributed by atoms with van der Waals surface area (Å²) in [6.07, 6.45) is 1.78. The maximum atomic E-state index is 12.3. The fourth-order valence-corrected chi connectivity index (χ4v) is 3.23. The van der Waals surface area contributed by atoms with Crippen LogP contribution >= 0.6 is 0 Å². The summed E-state index contributed by atoms with van der Waals surface area (Å²) in [5.41, 5.74) is 2.38. The summed E-state index contributed by atoms with van der Waals surface area (Å²) >= 11 is 0. The Kier molecular flexibility index (Phi) is 3.54. The molecule has 0 aliphatic rings. The number of benzene rings is 3. The lowest BCUT2D eigenvalue weighted by Crippen LogP contribution is -2.05. The quantitative estimate of drug-likeness (QED) is 0.419. The first-order valence-corrected chi connectivity index (χ1v) is 8.05. The first-order valence-electron chi connectivity index (χ1n) is 8.05. The molecule has 0 saturated carbocycles. The number of aromatic amines is 1. The molecule has 0 spiro atoms. The van der Waals surface area contributed by atoms with Crippen molar-refractivity contribution in [3.8, 4) is 11.3 Å². The summed E-state index contributed by atoms with van der Waals surface area (Å²) in [4.78, 5) is 15.5. The van der Waals surface area contributed by atoms with Crippen LogP contribution in [0.1, 0.15) is 17.3 Å². The highest BCUT2D eigenvalue weighted by molar-refractivity contribution is 6.14. The summed E-state index contributed by atoms with van der Waals surface area (Å²) in [6.45, 7) is 2.18. The molecule has 24 heavy (non-hydrogen) atoms. The van der Waals surface area contributed by atoms with Gasteiger partial charge in [0.2, 0.25) is 0 Å². The van der Waals surface area contributed by atoms with Gasteiger partial charge in [0.05, 0.1) is 17.9 Å². The number of carbonyl (C=O) groups excluding carboxylic acids is 1. The van der Waals surface area contributed by atoms with Crippen LogP contribution in [0.15, 0.2) is 66.9 Å². The second-order valence-corrected chi connectivity index (χ2v) is 5.68. The Labute approximate surface area is 139 Å². The van der Waals surface area contributed by atoms with Crippen LogP contribution in [-0.4, -0.2) is 17.6 Å². The average molecular weight is 315 g/mol. The van der Waals surface area contributed by atoms with Gasteiger partial charge in [-0.05, 0) is 40.6 Å². The third-order valence-electron chi connectivity index (χ3n) is 4.28.